The summed E-state index contributed by atoms with van der Waals surface area (Å²) in [6, 6.07) is 6.84. The van der Waals surface area contributed by atoms with Crippen molar-refractivity contribution in [2.24, 2.45) is 0 Å². The van der Waals surface area contributed by atoms with Gasteiger partial charge in [-0.15, -0.1) is 11.8 Å². The summed E-state index contributed by atoms with van der Waals surface area (Å²) in [7, 11) is 0. The lowest BCUT2D eigenvalue weighted by molar-refractivity contribution is 0.646. The molecule has 3 heteroatoms. The second-order valence-corrected chi connectivity index (χ2v) is 4.89. The Labute approximate surface area is 94.2 Å². The van der Waals surface area contributed by atoms with Crippen LogP contribution in [0.1, 0.15) is 24.4 Å². The Morgan fingerprint density at radius 3 is 2.93 bits per heavy atom. The zero-order valence-electron chi connectivity index (χ0n) is 8.22. The van der Waals surface area contributed by atoms with Crippen LogP contribution in [-0.2, 0) is 0 Å². The van der Waals surface area contributed by atoms with Crippen molar-refractivity contribution in [2.75, 3.05) is 12.8 Å². The molecule has 0 amide bonds. The summed E-state index contributed by atoms with van der Waals surface area (Å²) in [5.74, 6) is 0. The van der Waals surface area contributed by atoms with Crippen molar-refractivity contribution < 1.29 is 0 Å². The predicted molar refractivity (Wildman–Crippen MR) is 63.2 cm³/mol. The van der Waals surface area contributed by atoms with Crippen LogP contribution in [0, 0.1) is 0 Å². The molecule has 14 heavy (non-hydrogen) atoms. The van der Waals surface area contributed by atoms with E-state index < -0.39 is 0 Å². The number of thioether (sulfide) groups is 1. The Balaban J connectivity index is 2.27. The van der Waals surface area contributed by atoms with E-state index in [1.54, 1.807) is 11.8 Å². The fraction of sp³-hybridized carbons (Fsp3) is 0.455. The van der Waals surface area contributed by atoms with Crippen molar-refractivity contribution in [3.05, 3.63) is 28.8 Å². The number of nitrogens with one attached hydrogen (secondary N) is 1. The molecule has 0 saturated carbocycles. The van der Waals surface area contributed by atoms with E-state index in [0.29, 0.717) is 6.04 Å². The molecular formula is C11H14ClNS. The molecule has 76 valence electrons. The van der Waals surface area contributed by atoms with Gasteiger partial charge in [0.2, 0.25) is 0 Å². The highest BCUT2D eigenvalue weighted by Gasteiger charge is 2.16. The zero-order valence-corrected chi connectivity index (χ0v) is 9.79. The minimum absolute atomic E-state index is 0.514. The minimum Gasteiger partial charge on any atom is -0.310 e. The zero-order chi connectivity index (χ0) is 9.97. The average Bonchev–Trinajstić information content (AvgIpc) is 2.69. The molecule has 0 spiro atoms. The van der Waals surface area contributed by atoms with Gasteiger partial charge in [0.05, 0.1) is 0 Å². The maximum atomic E-state index is 6.07. The van der Waals surface area contributed by atoms with Gasteiger partial charge in [0.1, 0.15) is 0 Å². The second kappa shape index (κ2) is 4.56. The van der Waals surface area contributed by atoms with Gasteiger partial charge in [-0.25, -0.2) is 0 Å². The first kappa shape index (κ1) is 10.3. The number of benzene rings is 1. The maximum absolute atomic E-state index is 6.07. The van der Waals surface area contributed by atoms with Crippen LogP contribution < -0.4 is 5.32 Å². The first-order valence-corrected chi connectivity index (χ1v) is 6.48. The largest absolute Gasteiger partial charge is 0.310 e. The molecule has 0 aromatic heterocycles. The van der Waals surface area contributed by atoms with Crippen molar-refractivity contribution in [2.45, 2.75) is 23.8 Å². The molecule has 1 nitrogen and oxygen atoms in total. The molecule has 2 rings (SSSR count). The molecule has 1 aromatic carbocycles. The lowest BCUT2D eigenvalue weighted by Crippen LogP contribution is -2.12. The van der Waals surface area contributed by atoms with Gasteiger partial charge in [-0.3, -0.25) is 0 Å². The fourth-order valence-electron chi connectivity index (χ4n) is 1.87. The van der Waals surface area contributed by atoms with Crippen molar-refractivity contribution in [1.29, 1.82) is 0 Å². The molecule has 1 N–H and O–H groups in total. The topological polar surface area (TPSA) is 12.0 Å². The van der Waals surface area contributed by atoms with Gasteiger partial charge >= 0.3 is 0 Å². The summed E-state index contributed by atoms with van der Waals surface area (Å²) in [4.78, 5) is 1.25. The highest BCUT2D eigenvalue weighted by Crippen LogP contribution is 2.29. The van der Waals surface area contributed by atoms with Crippen molar-refractivity contribution in [3.8, 4) is 0 Å². The lowest BCUT2D eigenvalue weighted by atomic mass is 10.1. The van der Waals surface area contributed by atoms with Gasteiger partial charge in [0.25, 0.3) is 0 Å². The Morgan fingerprint density at radius 1 is 1.43 bits per heavy atom. The minimum atomic E-state index is 0.514. The molecule has 1 saturated heterocycles. The Morgan fingerprint density at radius 2 is 2.29 bits per heavy atom. The average molecular weight is 228 g/mol. The Kier molecular flexibility index (Phi) is 3.37. The Hall–Kier alpha value is -0.180. The summed E-state index contributed by atoms with van der Waals surface area (Å²) in [5.41, 5.74) is 1.33. The van der Waals surface area contributed by atoms with Crippen molar-refractivity contribution >= 4 is 23.4 Å². The van der Waals surface area contributed by atoms with Crippen LogP contribution in [0.4, 0.5) is 0 Å². The SMILES string of the molecule is CSc1cc(Cl)cc(C2CCCN2)c1. The van der Waals surface area contributed by atoms with Gasteiger partial charge in [0, 0.05) is 16.0 Å². The summed E-state index contributed by atoms with van der Waals surface area (Å²) in [5, 5.41) is 4.33. The fourth-order valence-corrected chi connectivity index (χ4v) is 2.68. The van der Waals surface area contributed by atoms with E-state index in [0.717, 1.165) is 11.6 Å². The maximum Gasteiger partial charge on any atom is 0.0420 e. The molecule has 1 aromatic rings. The van der Waals surface area contributed by atoms with Gasteiger partial charge in [-0.1, -0.05) is 11.6 Å². The highest BCUT2D eigenvalue weighted by atomic mass is 35.5. The molecule has 0 aliphatic carbocycles. The number of hydrogen-bond acceptors (Lipinski definition) is 2. The summed E-state index contributed by atoms with van der Waals surface area (Å²) >= 11 is 7.81. The third-order valence-corrected chi connectivity index (χ3v) is 3.52. The number of rotatable bonds is 2. The summed E-state index contributed by atoms with van der Waals surface area (Å²) in [6.45, 7) is 1.13. The van der Waals surface area contributed by atoms with E-state index in [1.165, 1.54) is 23.3 Å². The molecule has 1 aliphatic heterocycles. The van der Waals surface area contributed by atoms with Crippen molar-refractivity contribution in [1.82, 2.24) is 5.32 Å². The van der Waals surface area contributed by atoms with Crippen LogP contribution in [0.2, 0.25) is 5.02 Å². The number of hydrogen-bond donors (Lipinski definition) is 1. The predicted octanol–water partition coefficient (Wildman–Crippen LogP) is 3.49. The van der Waals surface area contributed by atoms with Crippen LogP contribution in [-0.4, -0.2) is 12.8 Å². The molecular weight excluding hydrogens is 214 g/mol. The van der Waals surface area contributed by atoms with Crippen LogP contribution in [0.3, 0.4) is 0 Å². The summed E-state index contributed by atoms with van der Waals surface area (Å²) < 4.78 is 0. The molecule has 1 unspecified atom stereocenters. The van der Waals surface area contributed by atoms with Gasteiger partial charge in [-0.05, 0) is 49.4 Å². The highest BCUT2D eigenvalue weighted by molar-refractivity contribution is 7.98. The first-order valence-electron chi connectivity index (χ1n) is 4.87. The van der Waals surface area contributed by atoms with Crippen LogP contribution >= 0.6 is 23.4 Å². The second-order valence-electron chi connectivity index (χ2n) is 3.57. The molecule has 1 fully saturated rings. The van der Waals surface area contributed by atoms with E-state index in [4.69, 9.17) is 11.6 Å². The van der Waals surface area contributed by atoms with Gasteiger partial charge < -0.3 is 5.32 Å². The van der Waals surface area contributed by atoms with E-state index >= 15 is 0 Å². The first-order chi connectivity index (χ1) is 6.79. The van der Waals surface area contributed by atoms with Gasteiger partial charge in [-0.2, -0.15) is 0 Å². The van der Waals surface area contributed by atoms with Crippen LogP contribution in [0.5, 0.6) is 0 Å². The third kappa shape index (κ3) is 2.25. The molecule has 1 atom stereocenters. The molecule has 0 bridgehead atoms. The normalized spacial score (nSPS) is 21.4. The monoisotopic (exact) mass is 227 g/mol. The molecule has 0 radical (unpaired) electrons. The van der Waals surface area contributed by atoms with E-state index in [-0.39, 0.29) is 0 Å². The smallest absolute Gasteiger partial charge is 0.0420 e. The molecule has 1 heterocycles. The van der Waals surface area contributed by atoms with E-state index in [1.807, 2.05) is 6.07 Å². The lowest BCUT2D eigenvalue weighted by Gasteiger charge is -2.12. The third-order valence-electron chi connectivity index (χ3n) is 2.59. The van der Waals surface area contributed by atoms with Crippen LogP contribution in [0.25, 0.3) is 0 Å². The Bertz CT molecular complexity index is 321. The number of halogens is 1. The van der Waals surface area contributed by atoms with Crippen molar-refractivity contribution in [3.63, 3.8) is 0 Å². The molecule has 1 aliphatic rings. The van der Waals surface area contributed by atoms with Gasteiger partial charge in [0.15, 0.2) is 0 Å². The van der Waals surface area contributed by atoms with E-state index in [9.17, 15) is 0 Å². The van der Waals surface area contributed by atoms with Crippen LogP contribution in [0.15, 0.2) is 23.1 Å². The quantitative estimate of drug-likeness (QED) is 0.777. The summed E-state index contributed by atoms with van der Waals surface area (Å²) in [6.07, 6.45) is 4.58. The van der Waals surface area contributed by atoms with E-state index in [2.05, 4.69) is 23.7 Å². The standard InChI is InChI=1S/C11H14ClNS/c1-14-10-6-8(5-9(12)7-10)11-3-2-4-13-11/h5-7,11,13H,2-4H2,1H3.